The van der Waals surface area contributed by atoms with Crippen LogP contribution in [-0.4, -0.2) is 30.9 Å². The number of carbonyl (C=O) groups excluding carboxylic acids is 3. The SMILES string of the molecule is CCOC(=O)c1sc(CC(=O)/C(C#N)=C/c2ccc(OCc3ccc(Cl)cc3Cl)cc2)c(C(=O)OCC)c1C. The van der Waals surface area contributed by atoms with Gasteiger partial charge in [0.25, 0.3) is 0 Å². The number of esters is 2. The van der Waals surface area contributed by atoms with E-state index >= 15 is 0 Å². The van der Waals surface area contributed by atoms with Crippen molar-refractivity contribution >= 4 is 58.3 Å². The van der Waals surface area contributed by atoms with Crippen LogP contribution in [0.5, 0.6) is 5.75 Å². The summed E-state index contributed by atoms with van der Waals surface area (Å²) in [4.78, 5) is 38.6. The first-order valence-corrected chi connectivity index (χ1v) is 13.5. The molecular formula is C29H25Cl2NO6S. The Morgan fingerprint density at radius 2 is 1.67 bits per heavy atom. The first-order valence-electron chi connectivity index (χ1n) is 12.0. The Kier molecular flexibility index (Phi) is 10.7. The van der Waals surface area contributed by atoms with Gasteiger partial charge in [0.15, 0.2) is 5.78 Å². The largest absolute Gasteiger partial charge is 0.489 e. The van der Waals surface area contributed by atoms with Crippen LogP contribution >= 0.6 is 34.5 Å². The number of benzene rings is 2. The molecule has 0 unspecified atom stereocenters. The molecule has 0 atom stereocenters. The molecule has 0 saturated carbocycles. The lowest BCUT2D eigenvalue weighted by molar-refractivity contribution is -0.114. The maximum atomic E-state index is 13.1. The molecule has 0 N–H and O–H groups in total. The monoisotopic (exact) mass is 585 g/mol. The fourth-order valence-corrected chi connectivity index (χ4v) is 5.25. The molecule has 2 aromatic carbocycles. The molecule has 10 heteroatoms. The summed E-state index contributed by atoms with van der Waals surface area (Å²) in [5.41, 5.74) is 1.82. The summed E-state index contributed by atoms with van der Waals surface area (Å²) in [6, 6.07) is 13.9. The molecule has 1 heterocycles. The van der Waals surface area contributed by atoms with Crippen molar-refractivity contribution < 1.29 is 28.6 Å². The average Bonchev–Trinajstić information content (AvgIpc) is 3.23. The van der Waals surface area contributed by atoms with Gasteiger partial charge in [-0.25, -0.2) is 9.59 Å². The van der Waals surface area contributed by atoms with Gasteiger partial charge in [0.1, 0.15) is 23.3 Å². The molecule has 0 amide bonds. The number of rotatable bonds is 11. The molecule has 0 bridgehead atoms. The van der Waals surface area contributed by atoms with Crippen LogP contribution in [0.3, 0.4) is 0 Å². The third-order valence-corrected chi connectivity index (χ3v) is 7.36. The Bertz CT molecular complexity index is 1450. The van der Waals surface area contributed by atoms with E-state index in [0.29, 0.717) is 31.8 Å². The van der Waals surface area contributed by atoms with Gasteiger partial charge in [-0.3, -0.25) is 4.79 Å². The van der Waals surface area contributed by atoms with Crippen molar-refractivity contribution in [3.8, 4) is 11.8 Å². The normalized spacial score (nSPS) is 11.0. The van der Waals surface area contributed by atoms with E-state index in [4.69, 9.17) is 37.4 Å². The van der Waals surface area contributed by atoms with E-state index < -0.39 is 17.7 Å². The topological polar surface area (TPSA) is 103 Å². The number of carbonyl (C=O) groups is 3. The van der Waals surface area contributed by atoms with Crippen LogP contribution in [-0.2, 0) is 27.3 Å². The number of nitrogens with zero attached hydrogens (tertiary/aromatic N) is 1. The smallest absolute Gasteiger partial charge is 0.348 e. The number of ether oxygens (including phenoxy) is 3. The molecular weight excluding hydrogens is 561 g/mol. The van der Waals surface area contributed by atoms with Crippen LogP contribution < -0.4 is 4.74 Å². The van der Waals surface area contributed by atoms with Crippen LogP contribution in [0.15, 0.2) is 48.0 Å². The number of halogens is 2. The lowest BCUT2D eigenvalue weighted by Crippen LogP contribution is -2.12. The molecule has 0 aliphatic rings. The molecule has 3 aromatic rings. The van der Waals surface area contributed by atoms with Crippen molar-refractivity contribution in [1.29, 1.82) is 5.26 Å². The maximum Gasteiger partial charge on any atom is 0.348 e. The molecule has 0 radical (unpaired) electrons. The highest BCUT2D eigenvalue weighted by Crippen LogP contribution is 2.31. The van der Waals surface area contributed by atoms with Gasteiger partial charge in [0.2, 0.25) is 0 Å². The Labute approximate surface area is 240 Å². The van der Waals surface area contributed by atoms with Gasteiger partial charge in [0.05, 0.1) is 24.4 Å². The quantitative estimate of drug-likeness (QED) is 0.135. The number of hydrogen-bond acceptors (Lipinski definition) is 8. The standard InChI is InChI=1S/C29H25Cl2NO6S/c1-4-36-28(34)26-17(3)27(29(35)37-5-2)39-25(26)14-24(33)20(15-32)12-18-6-10-22(11-7-18)38-16-19-8-9-21(30)13-23(19)31/h6-13H,4-5,14,16H2,1-3H3/b20-12+. The third-order valence-electron chi connectivity index (χ3n) is 5.50. The second-order valence-corrected chi connectivity index (χ2v) is 10.1. The summed E-state index contributed by atoms with van der Waals surface area (Å²) in [6.45, 7) is 5.48. The first-order chi connectivity index (χ1) is 18.7. The van der Waals surface area contributed by atoms with Crippen molar-refractivity contribution in [3.05, 3.63) is 90.1 Å². The number of ketones is 1. The highest BCUT2D eigenvalue weighted by atomic mass is 35.5. The highest BCUT2D eigenvalue weighted by Gasteiger charge is 2.28. The molecule has 3 rings (SSSR count). The maximum absolute atomic E-state index is 13.1. The van der Waals surface area contributed by atoms with Gasteiger partial charge in [0, 0.05) is 26.9 Å². The zero-order chi connectivity index (χ0) is 28.5. The molecule has 39 heavy (non-hydrogen) atoms. The molecule has 0 fully saturated rings. The number of allylic oxidation sites excluding steroid dienone is 1. The molecule has 0 saturated heterocycles. The van der Waals surface area contributed by atoms with Crippen molar-refractivity contribution in [1.82, 2.24) is 0 Å². The molecule has 7 nitrogen and oxygen atoms in total. The Balaban J connectivity index is 1.78. The minimum atomic E-state index is -0.637. The molecule has 0 aliphatic heterocycles. The van der Waals surface area contributed by atoms with E-state index in [2.05, 4.69) is 0 Å². The summed E-state index contributed by atoms with van der Waals surface area (Å²) in [6.07, 6.45) is 1.21. The van der Waals surface area contributed by atoms with Crippen LogP contribution in [0.4, 0.5) is 0 Å². The Morgan fingerprint density at radius 3 is 2.28 bits per heavy atom. The van der Waals surface area contributed by atoms with E-state index in [1.54, 1.807) is 63.2 Å². The number of thiophene rings is 1. The molecule has 1 aromatic heterocycles. The van der Waals surface area contributed by atoms with Gasteiger partial charge in [-0.2, -0.15) is 5.26 Å². The van der Waals surface area contributed by atoms with Crippen molar-refractivity contribution in [2.24, 2.45) is 0 Å². The minimum Gasteiger partial charge on any atom is -0.489 e. The van der Waals surface area contributed by atoms with Crippen LogP contribution in [0.1, 0.15) is 55.4 Å². The van der Waals surface area contributed by atoms with Gasteiger partial charge in [-0.1, -0.05) is 41.4 Å². The average molecular weight is 586 g/mol. The predicted molar refractivity (Wildman–Crippen MR) is 151 cm³/mol. The molecule has 202 valence electrons. The van der Waals surface area contributed by atoms with Crippen LogP contribution in [0.25, 0.3) is 6.08 Å². The van der Waals surface area contributed by atoms with Crippen LogP contribution in [0.2, 0.25) is 10.0 Å². The number of Topliss-reactive ketones (excluding diaryl/α,β-unsaturated/α-hetero) is 1. The van der Waals surface area contributed by atoms with E-state index in [0.717, 1.165) is 16.9 Å². The van der Waals surface area contributed by atoms with Gasteiger partial charge in [-0.05, 0) is 62.2 Å². The van der Waals surface area contributed by atoms with Gasteiger partial charge >= 0.3 is 11.9 Å². The Morgan fingerprint density at radius 1 is 1.00 bits per heavy atom. The van der Waals surface area contributed by atoms with Gasteiger partial charge in [-0.15, -0.1) is 11.3 Å². The summed E-state index contributed by atoms with van der Waals surface area (Å²) >= 11 is 13.1. The van der Waals surface area contributed by atoms with Crippen LogP contribution in [0, 0.1) is 18.3 Å². The van der Waals surface area contributed by atoms with E-state index in [1.165, 1.54) is 6.08 Å². The highest BCUT2D eigenvalue weighted by molar-refractivity contribution is 7.14. The zero-order valence-corrected chi connectivity index (χ0v) is 23.8. The summed E-state index contributed by atoms with van der Waals surface area (Å²) < 4.78 is 16.0. The lowest BCUT2D eigenvalue weighted by Gasteiger charge is -2.08. The van der Waals surface area contributed by atoms with Gasteiger partial charge < -0.3 is 14.2 Å². The van der Waals surface area contributed by atoms with E-state index in [-0.39, 0.29) is 42.3 Å². The fourth-order valence-electron chi connectivity index (χ4n) is 3.60. The number of nitriles is 1. The molecule has 0 spiro atoms. The summed E-state index contributed by atoms with van der Waals surface area (Å²) in [5, 5.41) is 10.7. The minimum absolute atomic E-state index is 0.102. The zero-order valence-electron chi connectivity index (χ0n) is 21.5. The predicted octanol–water partition coefficient (Wildman–Crippen LogP) is 7.01. The summed E-state index contributed by atoms with van der Waals surface area (Å²) in [7, 11) is 0. The summed E-state index contributed by atoms with van der Waals surface area (Å²) in [5.74, 6) is -1.15. The van der Waals surface area contributed by atoms with Crippen molar-refractivity contribution in [2.45, 2.75) is 33.8 Å². The van der Waals surface area contributed by atoms with E-state index in [9.17, 15) is 19.6 Å². The second-order valence-electron chi connectivity index (χ2n) is 8.16. The second kappa shape index (κ2) is 13.9. The fraction of sp³-hybridized carbons (Fsp3) is 0.241. The number of hydrogen-bond donors (Lipinski definition) is 0. The Hall–Kier alpha value is -3.64. The van der Waals surface area contributed by atoms with E-state index in [1.807, 2.05) is 6.07 Å². The lowest BCUT2D eigenvalue weighted by atomic mass is 10.0. The van der Waals surface area contributed by atoms with Crippen molar-refractivity contribution in [3.63, 3.8) is 0 Å². The first kappa shape index (κ1) is 29.9. The van der Waals surface area contributed by atoms with Crippen molar-refractivity contribution in [2.75, 3.05) is 13.2 Å². The third kappa shape index (κ3) is 7.70. The molecule has 0 aliphatic carbocycles.